The van der Waals surface area contributed by atoms with E-state index in [0.29, 0.717) is 21.4 Å². The first kappa shape index (κ1) is 19.8. The largest absolute Gasteiger partial charge is 0.573 e. The van der Waals surface area contributed by atoms with Gasteiger partial charge in [0.05, 0.1) is 10.7 Å². The van der Waals surface area contributed by atoms with E-state index in [2.05, 4.69) is 25.3 Å². The van der Waals surface area contributed by atoms with E-state index in [9.17, 15) is 13.2 Å². The van der Waals surface area contributed by atoms with Crippen LogP contribution in [-0.2, 0) is 0 Å². The SMILES string of the molecule is Nc1c(Nc2ccc(OC(F)(F)F)cc2)ncnc1Nc1cc(Cl)ccc1Cl. The molecule has 146 valence electrons. The van der Waals surface area contributed by atoms with Crippen LogP contribution in [0.4, 0.5) is 41.9 Å². The maximum absolute atomic E-state index is 12.2. The fourth-order valence-electron chi connectivity index (χ4n) is 2.19. The van der Waals surface area contributed by atoms with Crippen LogP contribution in [0.15, 0.2) is 48.8 Å². The number of rotatable bonds is 5. The van der Waals surface area contributed by atoms with Crippen LogP contribution < -0.4 is 21.1 Å². The van der Waals surface area contributed by atoms with E-state index in [1.54, 1.807) is 18.2 Å². The van der Waals surface area contributed by atoms with Gasteiger partial charge in [-0.3, -0.25) is 0 Å². The van der Waals surface area contributed by atoms with E-state index < -0.39 is 6.36 Å². The van der Waals surface area contributed by atoms with Gasteiger partial charge in [0.1, 0.15) is 17.8 Å². The van der Waals surface area contributed by atoms with Gasteiger partial charge in [0, 0.05) is 10.7 Å². The zero-order valence-electron chi connectivity index (χ0n) is 13.9. The van der Waals surface area contributed by atoms with Crippen molar-refractivity contribution in [2.24, 2.45) is 0 Å². The lowest BCUT2D eigenvalue weighted by molar-refractivity contribution is -0.274. The summed E-state index contributed by atoms with van der Waals surface area (Å²) in [5.74, 6) is 0.186. The number of hydrogen-bond donors (Lipinski definition) is 3. The molecule has 0 fully saturated rings. The number of aromatic nitrogens is 2. The van der Waals surface area contributed by atoms with Gasteiger partial charge in [0.2, 0.25) is 0 Å². The minimum Gasteiger partial charge on any atom is -0.406 e. The minimum atomic E-state index is -4.76. The lowest BCUT2D eigenvalue weighted by atomic mass is 10.3. The molecule has 0 aliphatic rings. The summed E-state index contributed by atoms with van der Waals surface area (Å²) in [5.41, 5.74) is 7.21. The summed E-state index contributed by atoms with van der Waals surface area (Å²) in [5, 5.41) is 6.75. The van der Waals surface area contributed by atoms with Gasteiger partial charge >= 0.3 is 6.36 Å². The van der Waals surface area contributed by atoms with Crippen LogP contribution in [0.2, 0.25) is 10.0 Å². The van der Waals surface area contributed by atoms with Crippen molar-refractivity contribution in [2.75, 3.05) is 16.4 Å². The zero-order chi connectivity index (χ0) is 20.3. The Morgan fingerprint density at radius 3 is 2.21 bits per heavy atom. The zero-order valence-corrected chi connectivity index (χ0v) is 15.4. The summed E-state index contributed by atoms with van der Waals surface area (Å²) in [6, 6.07) is 9.98. The Balaban J connectivity index is 1.78. The highest BCUT2D eigenvalue weighted by molar-refractivity contribution is 6.35. The summed E-state index contributed by atoms with van der Waals surface area (Å²) in [4.78, 5) is 8.11. The van der Waals surface area contributed by atoms with Crippen molar-refractivity contribution in [3.8, 4) is 5.75 Å². The van der Waals surface area contributed by atoms with Crippen LogP contribution in [0, 0.1) is 0 Å². The molecule has 3 aromatic rings. The number of nitrogens with one attached hydrogen (secondary N) is 2. The number of alkyl halides is 3. The summed E-state index contributed by atoms with van der Waals surface area (Å²) in [6.45, 7) is 0. The topological polar surface area (TPSA) is 85.1 Å². The van der Waals surface area contributed by atoms with E-state index in [4.69, 9.17) is 28.9 Å². The summed E-state index contributed by atoms with van der Waals surface area (Å²) in [6.07, 6.45) is -3.49. The summed E-state index contributed by atoms with van der Waals surface area (Å²) >= 11 is 12.1. The second-order valence-electron chi connectivity index (χ2n) is 5.43. The Morgan fingerprint density at radius 2 is 1.57 bits per heavy atom. The lowest BCUT2D eigenvalue weighted by Crippen LogP contribution is -2.17. The standard InChI is InChI=1S/C17H12Cl2F3N5O/c18-9-1-6-12(19)13(7-9)27-16-14(23)15(24-8-25-16)26-10-2-4-11(5-3-10)28-17(20,21)22/h1-8H,23H2,(H2,24,25,26,27). The number of hydrogen-bond acceptors (Lipinski definition) is 6. The number of halogens is 5. The van der Waals surface area contributed by atoms with Crippen LogP contribution in [0.5, 0.6) is 5.75 Å². The quantitative estimate of drug-likeness (QED) is 0.478. The average molecular weight is 430 g/mol. The van der Waals surface area contributed by atoms with Crippen molar-refractivity contribution in [3.05, 3.63) is 58.8 Å². The smallest absolute Gasteiger partial charge is 0.406 e. The number of nitrogen functional groups attached to an aromatic ring is 1. The maximum Gasteiger partial charge on any atom is 0.573 e. The molecular weight excluding hydrogens is 418 g/mol. The number of benzene rings is 2. The Hall–Kier alpha value is -2.91. The van der Waals surface area contributed by atoms with Crippen LogP contribution in [0.25, 0.3) is 0 Å². The molecule has 0 atom stereocenters. The van der Waals surface area contributed by atoms with Gasteiger partial charge in [0.25, 0.3) is 0 Å². The number of ether oxygens (including phenoxy) is 1. The van der Waals surface area contributed by atoms with Crippen LogP contribution in [-0.4, -0.2) is 16.3 Å². The Labute approximate surface area is 167 Å². The van der Waals surface area contributed by atoms with Crippen molar-refractivity contribution in [1.82, 2.24) is 9.97 Å². The molecule has 0 saturated heterocycles. The van der Waals surface area contributed by atoms with Crippen molar-refractivity contribution in [3.63, 3.8) is 0 Å². The second kappa shape index (κ2) is 7.99. The molecule has 0 aliphatic carbocycles. The van der Waals surface area contributed by atoms with Crippen molar-refractivity contribution >= 4 is 51.9 Å². The highest BCUT2D eigenvalue weighted by atomic mass is 35.5. The monoisotopic (exact) mass is 429 g/mol. The molecular formula is C17H12Cl2F3N5O. The van der Waals surface area contributed by atoms with E-state index in [-0.39, 0.29) is 23.1 Å². The van der Waals surface area contributed by atoms with E-state index in [1.165, 1.54) is 18.5 Å². The van der Waals surface area contributed by atoms with E-state index in [1.807, 2.05) is 0 Å². The molecule has 0 amide bonds. The van der Waals surface area contributed by atoms with Gasteiger partial charge < -0.3 is 21.1 Å². The third-order valence-electron chi connectivity index (χ3n) is 3.42. The molecule has 0 spiro atoms. The molecule has 3 rings (SSSR count). The molecule has 28 heavy (non-hydrogen) atoms. The highest BCUT2D eigenvalue weighted by Crippen LogP contribution is 2.33. The van der Waals surface area contributed by atoms with Crippen LogP contribution in [0.1, 0.15) is 0 Å². The second-order valence-corrected chi connectivity index (χ2v) is 6.27. The van der Waals surface area contributed by atoms with E-state index >= 15 is 0 Å². The third-order valence-corrected chi connectivity index (χ3v) is 3.98. The first-order valence-electron chi connectivity index (χ1n) is 7.66. The molecule has 0 aliphatic heterocycles. The fraction of sp³-hybridized carbons (Fsp3) is 0.0588. The summed E-state index contributed by atoms with van der Waals surface area (Å²) < 4.78 is 40.5. The Kier molecular flexibility index (Phi) is 5.66. The maximum atomic E-state index is 12.2. The van der Waals surface area contributed by atoms with E-state index in [0.717, 1.165) is 12.1 Å². The Bertz CT molecular complexity index is 984. The van der Waals surface area contributed by atoms with Crippen molar-refractivity contribution in [1.29, 1.82) is 0 Å². The highest BCUT2D eigenvalue weighted by Gasteiger charge is 2.30. The number of nitrogens with two attached hydrogens (primary N) is 1. The molecule has 1 aromatic heterocycles. The van der Waals surface area contributed by atoms with Crippen LogP contribution >= 0.6 is 23.2 Å². The van der Waals surface area contributed by atoms with Crippen molar-refractivity contribution in [2.45, 2.75) is 6.36 Å². The van der Waals surface area contributed by atoms with Gasteiger partial charge in [0.15, 0.2) is 11.6 Å². The van der Waals surface area contributed by atoms with Crippen molar-refractivity contribution < 1.29 is 17.9 Å². The average Bonchev–Trinajstić information content (AvgIpc) is 2.62. The third kappa shape index (κ3) is 5.08. The molecule has 0 radical (unpaired) electrons. The van der Waals surface area contributed by atoms with Crippen LogP contribution in [0.3, 0.4) is 0 Å². The molecule has 1 heterocycles. The van der Waals surface area contributed by atoms with Gasteiger partial charge in [-0.2, -0.15) is 0 Å². The molecule has 0 bridgehead atoms. The first-order valence-corrected chi connectivity index (χ1v) is 8.42. The van der Waals surface area contributed by atoms with Gasteiger partial charge in [-0.15, -0.1) is 13.2 Å². The first-order chi connectivity index (χ1) is 13.2. The molecule has 6 nitrogen and oxygen atoms in total. The molecule has 0 unspecified atom stereocenters. The molecule has 2 aromatic carbocycles. The number of anilines is 5. The van der Waals surface area contributed by atoms with Gasteiger partial charge in [-0.05, 0) is 42.5 Å². The predicted octanol–water partition coefficient (Wildman–Crippen LogP) is 5.75. The lowest BCUT2D eigenvalue weighted by Gasteiger charge is -2.14. The summed E-state index contributed by atoms with van der Waals surface area (Å²) in [7, 11) is 0. The minimum absolute atomic E-state index is 0.175. The fourth-order valence-corrected chi connectivity index (χ4v) is 2.53. The normalized spacial score (nSPS) is 11.2. The van der Waals surface area contributed by atoms with Gasteiger partial charge in [-0.1, -0.05) is 23.2 Å². The molecule has 11 heteroatoms. The number of nitrogens with zero attached hydrogens (tertiary/aromatic N) is 2. The molecule has 0 saturated carbocycles. The van der Waals surface area contributed by atoms with Gasteiger partial charge in [-0.25, -0.2) is 9.97 Å². The molecule has 4 N–H and O–H groups in total. The Morgan fingerprint density at radius 1 is 0.929 bits per heavy atom. The predicted molar refractivity (Wildman–Crippen MR) is 103 cm³/mol.